The van der Waals surface area contributed by atoms with E-state index < -0.39 is 11.8 Å². The van der Waals surface area contributed by atoms with E-state index in [2.05, 4.69) is 21.2 Å². The Morgan fingerprint density at radius 3 is 2.41 bits per heavy atom. The van der Waals surface area contributed by atoms with Crippen molar-refractivity contribution in [3.63, 3.8) is 0 Å². The molecule has 0 aromatic heterocycles. The van der Waals surface area contributed by atoms with Gasteiger partial charge in [0.15, 0.2) is 6.61 Å². The van der Waals surface area contributed by atoms with Crippen LogP contribution in [0.4, 0.5) is 5.69 Å². The number of benzene rings is 2. The number of carbonyl (C=O) groups excluding carboxylic acids is 3. The molecule has 0 fully saturated rings. The fourth-order valence-corrected chi connectivity index (χ4v) is 2.99. The van der Waals surface area contributed by atoms with E-state index in [4.69, 9.17) is 4.74 Å². The van der Waals surface area contributed by atoms with Crippen molar-refractivity contribution in [3.05, 3.63) is 58.7 Å². The van der Waals surface area contributed by atoms with Crippen molar-refractivity contribution in [1.29, 1.82) is 0 Å². The van der Waals surface area contributed by atoms with Gasteiger partial charge in [-0.05, 0) is 62.9 Å². The molecule has 0 saturated heterocycles. The molecule has 2 aromatic rings. The van der Waals surface area contributed by atoms with Crippen molar-refractivity contribution >= 4 is 29.6 Å². The third-order valence-corrected chi connectivity index (χ3v) is 4.75. The van der Waals surface area contributed by atoms with Gasteiger partial charge < -0.3 is 15.4 Å². The molecular formula is C24H30N4O4. The third kappa shape index (κ3) is 7.54. The van der Waals surface area contributed by atoms with Gasteiger partial charge in [-0.15, -0.1) is 0 Å². The summed E-state index contributed by atoms with van der Waals surface area (Å²) >= 11 is 0. The van der Waals surface area contributed by atoms with E-state index in [1.165, 1.54) is 6.21 Å². The van der Waals surface area contributed by atoms with Gasteiger partial charge in [-0.3, -0.25) is 14.4 Å². The molecule has 170 valence electrons. The highest BCUT2D eigenvalue weighted by Gasteiger charge is 2.14. The van der Waals surface area contributed by atoms with E-state index in [9.17, 15) is 14.4 Å². The highest BCUT2D eigenvalue weighted by Crippen LogP contribution is 2.22. The second-order valence-corrected chi connectivity index (χ2v) is 7.66. The summed E-state index contributed by atoms with van der Waals surface area (Å²) in [6.45, 7) is 9.48. The number of amides is 3. The molecule has 0 unspecified atom stereocenters. The van der Waals surface area contributed by atoms with Crippen LogP contribution in [0.2, 0.25) is 0 Å². The van der Waals surface area contributed by atoms with E-state index in [0.717, 1.165) is 28.8 Å². The first-order valence-electron chi connectivity index (χ1n) is 10.4. The number of nitrogens with one attached hydrogen (secondary N) is 3. The molecule has 0 heterocycles. The standard InChI is InChI=1S/C24H30N4O4/c1-6-18(5)26-23(30)24(31)28-25-13-19-8-7-9-20(12-19)32-14-21(29)27-22-16(3)10-15(2)11-17(22)4/h7-13,18H,6,14H2,1-5H3,(H,26,30)(H,27,29)(H,28,31)/b25-13-/t18-/m0/s1. The molecule has 0 aliphatic heterocycles. The SMILES string of the molecule is CC[C@H](C)NC(=O)C(=O)N/N=C\c1cccc(OCC(=O)Nc2c(C)cc(C)cc2C)c1. The van der Waals surface area contributed by atoms with E-state index in [1.807, 2.05) is 46.8 Å². The van der Waals surface area contributed by atoms with Crippen LogP contribution >= 0.6 is 0 Å². The minimum Gasteiger partial charge on any atom is -0.484 e. The van der Waals surface area contributed by atoms with E-state index in [0.29, 0.717) is 11.3 Å². The molecule has 0 aliphatic rings. The molecule has 3 N–H and O–H groups in total. The van der Waals surface area contributed by atoms with Crippen LogP contribution in [0, 0.1) is 20.8 Å². The largest absolute Gasteiger partial charge is 0.484 e. The Morgan fingerprint density at radius 2 is 1.75 bits per heavy atom. The lowest BCUT2D eigenvalue weighted by Gasteiger charge is -2.13. The van der Waals surface area contributed by atoms with E-state index in [-0.39, 0.29) is 18.6 Å². The van der Waals surface area contributed by atoms with Crippen molar-refractivity contribution < 1.29 is 19.1 Å². The van der Waals surface area contributed by atoms with Crippen molar-refractivity contribution in [3.8, 4) is 5.75 Å². The number of carbonyl (C=O) groups is 3. The van der Waals surface area contributed by atoms with Crippen LogP contribution in [0.25, 0.3) is 0 Å². The van der Waals surface area contributed by atoms with Gasteiger partial charge in [-0.1, -0.05) is 36.8 Å². The predicted molar refractivity (Wildman–Crippen MR) is 125 cm³/mol. The minimum atomic E-state index is -0.840. The maximum atomic E-state index is 12.3. The average Bonchev–Trinajstić information content (AvgIpc) is 2.74. The zero-order valence-electron chi connectivity index (χ0n) is 19.1. The maximum absolute atomic E-state index is 12.3. The Morgan fingerprint density at radius 1 is 1.06 bits per heavy atom. The lowest BCUT2D eigenvalue weighted by molar-refractivity contribution is -0.139. The molecule has 32 heavy (non-hydrogen) atoms. The number of hydrogen-bond donors (Lipinski definition) is 3. The Kier molecular flexibility index (Phi) is 8.95. The Balaban J connectivity index is 1.89. The van der Waals surface area contributed by atoms with Crippen LogP contribution in [0.1, 0.15) is 42.5 Å². The topological polar surface area (TPSA) is 109 Å². The minimum absolute atomic E-state index is 0.0953. The zero-order chi connectivity index (χ0) is 23.7. The van der Waals surface area contributed by atoms with Gasteiger partial charge in [0.1, 0.15) is 5.75 Å². The summed E-state index contributed by atoms with van der Waals surface area (Å²) in [5.74, 6) is -1.37. The van der Waals surface area contributed by atoms with E-state index in [1.54, 1.807) is 24.3 Å². The van der Waals surface area contributed by atoms with Gasteiger partial charge in [0.25, 0.3) is 5.91 Å². The Bertz CT molecular complexity index is 994. The molecule has 0 radical (unpaired) electrons. The molecule has 0 saturated carbocycles. The maximum Gasteiger partial charge on any atom is 0.329 e. The number of hydrogen-bond acceptors (Lipinski definition) is 5. The van der Waals surface area contributed by atoms with Crippen molar-refractivity contribution in [2.45, 2.75) is 47.1 Å². The third-order valence-electron chi connectivity index (χ3n) is 4.75. The second-order valence-electron chi connectivity index (χ2n) is 7.66. The van der Waals surface area contributed by atoms with Gasteiger partial charge in [-0.2, -0.15) is 5.10 Å². The summed E-state index contributed by atoms with van der Waals surface area (Å²) in [6.07, 6.45) is 2.11. The number of anilines is 1. The summed E-state index contributed by atoms with van der Waals surface area (Å²) < 4.78 is 5.58. The van der Waals surface area contributed by atoms with Crippen LogP contribution in [-0.2, 0) is 14.4 Å². The van der Waals surface area contributed by atoms with Gasteiger partial charge in [0.05, 0.1) is 6.21 Å². The molecule has 8 heteroatoms. The van der Waals surface area contributed by atoms with Crippen LogP contribution in [0.5, 0.6) is 5.75 Å². The first kappa shape index (κ1) is 24.6. The van der Waals surface area contributed by atoms with Crippen LogP contribution in [0.3, 0.4) is 0 Å². The summed E-state index contributed by atoms with van der Waals surface area (Å²) in [5, 5.41) is 9.24. The zero-order valence-corrected chi connectivity index (χ0v) is 19.1. The highest BCUT2D eigenvalue weighted by molar-refractivity contribution is 6.35. The molecule has 8 nitrogen and oxygen atoms in total. The molecule has 2 rings (SSSR count). The van der Waals surface area contributed by atoms with E-state index >= 15 is 0 Å². The average molecular weight is 439 g/mol. The molecule has 0 spiro atoms. The van der Waals surface area contributed by atoms with Crippen molar-refractivity contribution in [2.75, 3.05) is 11.9 Å². The Labute approximate surface area is 188 Å². The van der Waals surface area contributed by atoms with Crippen LogP contribution < -0.4 is 20.8 Å². The monoisotopic (exact) mass is 438 g/mol. The van der Waals surface area contributed by atoms with Gasteiger partial charge in [0, 0.05) is 11.7 Å². The van der Waals surface area contributed by atoms with Crippen LogP contribution in [0.15, 0.2) is 41.5 Å². The summed E-state index contributed by atoms with van der Waals surface area (Å²) in [4.78, 5) is 35.8. The smallest absolute Gasteiger partial charge is 0.329 e. The number of ether oxygens (including phenoxy) is 1. The highest BCUT2D eigenvalue weighted by atomic mass is 16.5. The van der Waals surface area contributed by atoms with Gasteiger partial charge in [0.2, 0.25) is 0 Å². The number of nitrogens with zero attached hydrogens (tertiary/aromatic N) is 1. The quantitative estimate of drug-likeness (QED) is 0.334. The molecule has 0 bridgehead atoms. The fourth-order valence-electron chi connectivity index (χ4n) is 2.99. The summed E-state index contributed by atoms with van der Waals surface area (Å²) in [6, 6.07) is 10.8. The summed E-state index contributed by atoms with van der Waals surface area (Å²) in [5.41, 5.74) is 6.74. The van der Waals surface area contributed by atoms with Gasteiger partial charge >= 0.3 is 11.8 Å². The summed E-state index contributed by atoms with van der Waals surface area (Å²) in [7, 11) is 0. The van der Waals surface area contributed by atoms with Crippen molar-refractivity contribution in [1.82, 2.24) is 10.7 Å². The first-order chi connectivity index (χ1) is 15.2. The lowest BCUT2D eigenvalue weighted by atomic mass is 10.1. The number of rotatable bonds is 8. The first-order valence-corrected chi connectivity index (χ1v) is 10.4. The second kappa shape index (κ2) is 11.6. The Hall–Kier alpha value is -3.68. The van der Waals surface area contributed by atoms with Crippen LogP contribution in [-0.4, -0.2) is 36.6 Å². The molecule has 0 aliphatic carbocycles. The van der Waals surface area contributed by atoms with Gasteiger partial charge in [-0.25, -0.2) is 5.43 Å². The lowest BCUT2D eigenvalue weighted by Crippen LogP contribution is -2.41. The molecule has 3 amide bonds. The number of aryl methyl sites for hydroxylation is 3. The molecular weight excluding hydrogens is 408 g/mol. The predicted octanol–water partition coefficient (Wildman–Crippen LogP) is 2.99. The molecule has 2 aromatic carbocycles. The molecule has 1 atom stereocenters. The van der Waals surface area contributed by atoms with Crippen molar-refractivity contribution in [2.24, 2.45) is 5.10 Å². The number of hydrazone groups is 1. The normalized spacial score (nSPS) is 11.7. The fraction of sp³-hybridized carbons (Fsp3) is 0.333.